The zero-order valence-corrected chi connectivity index (χ0v) is 15.4. The van der Waals surface area contributed by atoms with Gasteiger partial charge in [-0.2, -0.15) is 0 Å². The van der Waals surface area contributed by atoms with Crippen molar-refractivity contribution in [3.8, 4) is 0 Å². The van der Waals surface area contributed by atoms with Gasteiger partial charge < -0.3 is 9.84 Å². The number of carboxylic acids is 1. The summed E-state index contributed by atoms with van der Waals surface area (Å²) in [6.07, 6.45) is 3.16. The van der Waals surface area contributed by atoms with Crippen LogP contribution >= 0.6 is 0 Å². The highest BCUT2D eigenvalue weighted by atomic mass is 16.6. The Bertz CT molecular complexity index is 564. The summed E-state index contributed by atoms with van der Waals surface area (Å²) in [5, 5.41) is 9.80. The quantitative estimate of drug-likeness (QED) is 0.832. The maximum absolute atomic E-state index is 12.7. The van der Waals surface area contributed by atoms with Gasteiger partial charge in [0.15, 0.2) is 0 Å². The molecule has 0 saturated heterocycles. The van der Waals surface area contributed by atoms with Gasteiger partial charge >= 0.3 is 12.1 Å². The number of benzene rings is 1. The van der Waals surface area contributed by atoms with Crippen LogP contribution in [-0.2, 0) is 16.1 Å². The van der Waals surface area contributed by atoms with Gasteiger partial charge in [-0.25, -0.2) is 9.59 Å². The van der Waals surface area contributed by atoms with Crippen molar-refractivity contribution in [3.05, 3.63) is 35.9 Å². The van der Waals surface area contributed by atoms with Crippen LogP contribution in [0.4, 0.5) is 4.79 Å². The molecule has 1 unspecified atom stereocenters. The minimum atomic E-state index is -0.940. The lowest BCUT2D eigenvalue weighted by molar-refractivity contribution is -0.146. The standard InChI is InChI=1S/C20H29NO4/c1-14(2)21(20(24)25-13-16-7-5-4-6-8-16)18(19(22)23)17-11-9-15(3)10-12-17/h4-8,14-15,17-18H,9-13H2,1-3H3,(H,22,23). The minimum absolute atomic E-state index is 0.0135. The van der Waals surface area contributed by atoms with Crippen molar-refractivity contribution in [1.29, 1.82) is 0 Å². The van der Waals surface area contributed by atoms with Gasteiger partial charge in [-0.15, -0.1) is 0 Å². The summed E-state index contributed by atoms with van der Waals surface area (Å²) in [7, 11) is 0. The third-order valence-corrected chi connectivity index (χ3v) is 5.03. The number of rotatable bonds is 6. The third-order valence-electron chi connectivity index (χ3n) is 5.03. The lowest BCUT2D eigenvalue weighted by atomic mass is 9.78. The van der Waals surface area contributed by atoms with E-state index in [0.29, 0.717) is 5.92 Å². The highest BCUT2D eigenvalue weighted by Gasteiger charge is 2.40. The van der Waals surface area contributed by atoms with Crippen molar-refractivity contribution < 1.29 is 19.4 Å². The van der Waals surface area contributed by atoms with Crippen molar-refractivity contribution in [3.63, 3.8) is 0 Å². The normalized spacial score (nSPS) is 21.6. The molecule has 138 valence electrons. The summed E-state index contributed by atoms with van der Waals surface area (Å²) in [5.74, 6) is -0.325. The molecule has 1 atom stereocenters. The van der Waals surface area contributed by atoms with Crippen LogP contribution in [0, 0.1) is 11.8 Å². The fourth-order valence-corrected chi connectivity index (χ4v) is 3.59. The Morgan fingerprint density at radius 2 is 1.76 bits per heavy atom. The van der Waals surface area contributed by atoms with Crippen LogP contribution in [0.2, 0.25) is 0 Å². The van der Waals surface area contributed by atoms with Gasteiger partial charge in [0.2, 0.25) is 0 Å². The number of carbonyl (C=O) groups is 2. The Morgan fingerprint density at radius 3 is 2.28 bits per heavy atom. The van der Waals surface area contributed by atoms with E-state index < -0.39 is 18.1 Å². The molecule has 5 nitrogen and oxygen atoms in total. The Morgan fingerprint density at radius 1 is 1.16 bits per heavy atom. The maximum Gasteiger partial charge on any atom is 0.411 e. The first kappa shape index (κ1) is 19.3. The average molecular weight is 347 g/mol. The number of ether oxygens (including phenoxy) is 1. The van der Waals surface area contributed by atoms with Crippen molar-refractivity contribution in [1.82, 2.24) is 4.90 Å². The summed E-state index contributed by atoms with van der Waals surface area (Å²) in [6, 6.07) is 8.36. The molecular weight excluding hydrogens is 318 g/mol. The second-order valence-corrected chi connectivity index (χ2v) is 7.34. The smallest absolute Gasteiger partial charge is 0.411 e. The van der Waals surface area contributed by atoms with E-state index in [1.807, 2.05) is 44.2 Å². The first-order chi connectivity index (χ1) is 11.9. The van der Waals surface area contributed by atoms with E-state index in [0.717, 1.165) is 31.2 Å². The van der Waals surface area contributed by atoms with Crippen LogP contribution in [0.5, 0.6) is 0 Å². The van der Waals surface area contributed by atoms with Gasteiger partial charge in [0.1, 0.15) is 12.6 Å². The highest BCUT2D eigenvalue weighted by molar-refractivity contribution is 5.80. The second kappa shape index (κ2) is 8.88. The number of hydrogen-bond donors (Lipinski definition) is 1. The molecular formula is C20H29NO4. The molecule has 1 aromatic carbocycles. The van der Waals surface area contributed by atoms with Crippen LogP contribution in [0.1, 0.15) is 52.0 Å². The van der Waals surface area contributed by atoms with E-state index in [9.17, 15) is 14.7 Å². The van der Waals surface area contributed by atoms with Gasteiger partial charge in [-0.3, -0.25) is 4.90 Å². The number of nitrogens with zero attached hydrogens (tertiary/aromatic N) is 1. The van der Waals surface area contributed by atoms with E-state index >= 15 is 0 Å². The molecule has 1 fully saturated rings. The molecule has 2 rings (SSSR count). The molecule has 0 bridgehead atoms. The van der Waals surface area contributed by atoms with E-state index in [-0.39, 0.29) is 18.6 Å². The van der Waals surface area contributed by atoms with Crippen LogP contribution in [-0.4, -0.2) is 34.2 Å². The fraction of sp³-hybridized carbons (Fsp3) is 0.600. The lowest BCUT2D eigenvalue weighted by Gasteiger charge is -2.38. The summed E-state index contributed by atoms with van der Waals surface area (Å²) < 4.78 is 5.42. The summed E-state index contributed by atoms with van der Waals surface area (Å²) in [6.45, 7) is 6.02. The number of hydrogen-bond acceptors (Lipinski definition) is 3. The SMILES string of the molecule is CC1CCC(C(C(=O)O)N(C(=O)OCc2ccccc2)C(C)C)CC1. The van der Waals surface area contributed by atoms with Gasteiger partial charge in [0.25, 0.3) is 0 Å². The summed E-state index contributed by atoms with van der Waals surface area (Å²) >= 11 is 0. The third kappa shape index (κ3) is 5.21. The van der Waals surface area contributed by atoms with Crippen molar-refractivity contribution in [2.75, 3.05) is 0 Å². The van der Waals surface area contributed by atoms with Gasteiger partial charge in [-0.05, 0) is 44.1 Å². The Hall–Kier alpha value is -2.04. The van der Waals surface area contributed by atoms with Gasteiger partial charge in [-0.1, -0.05) is 50.1 Å². The van der Waals surface area contributed by atoms with Gasteiger partial charge in [0.05, 0.1) is 0 Å². The van der Waals surface area contributed by atoms with E-state index in [2.05, 4.69) is 6.92 Å². The molecule has 0 aliphatic heterocycles. The molecule has 1 saturated carbocycles. The Labute approximate surface area is 150 Å². The number of aliphatic carboxylic acids is 1. The largest absolute Gasteiger partial charge is 0.480 e. The first-order valence-corrected chi connectivity index (χ1v) is 9.12. The highest BCUT2D eigenvalue weighted by Crippen LogP contribution is 2.33. The molecule has 0 heterocycles. The molecule has 1 amide bonds. The van der Waals surface area contributed by atoms with Crippen LogP contribution in [0.25, 0.3) is 0 Å². The molecule has 1 aromatic rings. The maximum atomic E-state index is 12.7. The van der Waals surface area contributed by atoms with Crippen molar-refractivity contribution >= 4 is 12.1 Å². The Balaban J connectivity index is 2.09. The van der Waals surface area contributed by atoms with Crippen molar-refractivity contribution in [2.45, 2.75) is 65.1 Å². The molecule has 1 aliphatic rings. The average Bonchev–Trinajstić information content (AvgIpc) is 2.59. The zero-order chi connectivity index (χ0) is 18.4. The molecule has 1 N–H and O–H groups in total. The predicted molar refractivity (Wildman–Crippen MR) is 96.1 cm³/mol. The van der Waals surface area contributed by atoms with E-state index in [1.54, 1.807) is 0 Å². The monoisotopic (exact) mass is 347 g/mol. The fourth-order valence-electron chi connectivity index (χ4n) is 3.59. The van der Waals surface area contributed by atoms with E-state index in [4.69, 9.17) is 4.74 Å². The molecule has 1 aliphatic carbocycles. The van der Waals surface area contributed by atoms with Gasteiger partial charge in [0, 0.05) is 6.04 Å². The molecule has 25 heavy (non-hydrogen) atoms. The molecule has 0 aromatic heterocycles. The lowest BCUT2D eigenvalue weighted by Crippen LogP contribution is -2.53. The first-order valence-electron chi connectivity index (χ1n) is 9.12. The number of amides is 1. The van der Waals surface area contributed by atoms with Crippen LogP contribution in [0.15, 0.2) is 30.3 Å². The number of carboxylic acid groups (broad SMARTS) is 1. The number of carbonyl (C=O) groups excluding carboxylic acids is 1. The molecule has 0 radical (unpaired) electrons. The van der Waals surface area contributed by atoms with Crippen LogP contribution in [0.3, 0.4) is 0 Å². The van der Waals surface area contributed by atoms with E-state index in [1.165, 1.54) is 4.90 Å². The molecule has 5 heteroatoms. The zero-order valence-electron chi connectivity index (χ0n) is 15.4. The van der Waals surface area contributed by atoms with Crippen molar-refractivity contribution in [2.24, 2.45) is 11.8 Å². The Kier molecular flexibility index (Phi) is 6.85. The summed E-state index contributed by atoms with van der Waals surface area (Å²) in [5.41, 5.74) is 0.887. The minimum Gasteiger partial charge on any atom is -0.480 e. The molecule has 0 spiro atoms. The predicted octanol–water partition coefficient (Wildman–Crippen LogP) is 4.31. The summed E-state index contributed by atoms with van der Waals surface area (Å²) in [4.78, 5) is 26.0. The topological polar surface area (TPSA) is 66.8 Å². The van der Waals surface area contributed by atoms with Crippen LogP contribution < -0.4 is 0 Å². The second-order valence-electron chi connectivity index (χ2n) is 7.34.